The van der Waals surface area contributed by atoms with Crippen LogP contribution in [0.3, 0.4) is 0 Å². The first-order chi connectivity index (χ1) is 11.3. The van der Waals surface area contributed by atoms with E-state index >= 15 is 0 Å². The Hall–Kier alpha value is -1.68. The van der Waals surface area contributed by atoms with Crippen molar-refractivity contribution in [3.8, 4) is 0 Å². The molecule has 23 heavy (non-hydrogen) atoms. The first-order valence-corrected chi connectivity index (χ1v) is 9.42. The van der Waals surface area contributed by atoms with Crippen molar-refractivity contribution >= 4 is 27.5 Å². The van der Waals surface area contributed by atoms with Gasteiger partial charge in [-0.05, 0) is 44.2 Å². The van der Waals surface area contributed by atoms with Gasteiger partial charge in [0.2, 0.25) is 5.91 Å². The minimum absolute atomic E-state index is 0.203. The summed E-state index contributed by atoms with van der Waals surface area (Å²) < 4.78 is 1.25. The van der Waals surface area contributed by atoms with Crippen LogP contribution in [0.4, 0.5) is 0 Å². The minimum Gasteiger partial charge on any atom is -0.342 e. The van der Waals surface area contributed by atoms with Gasteiger partial charge in [-0.25, -0.2) is 4.98 Å². The molecule has 1 saturated heterocycles. The third kappa shape index (κ3) is 3.05. The van der Waals surface area contributed by atoms with Crippen LogP contribution in [0.25, 0.3) is 10.2 Å². The molecule has 0 bridgehead atoms. The number of aromatic nitrogens is 1. The molecule has 4 rings (SSSR count). The molecule has 3 nitrogen and oxygen atoms in total. The number of nitrogens with zero attached hydrogens (tertiary/aromatic N) is 2. The molecule has 2 atom stereocenters. The molecule has 2 heterocycles. The lowest BCUT2D eigenvalue weighted by Crippen LogP contribution is -2.42. The fourth-order valence-electron chi connectivity index (χ4n) is 3.72. The van der Waals surface area contributed by atoms with E-state index in [1.54, 1.807) is 11.3 Å². The summed E-state index contributed by atoms with van der Waals surface area (Å²) in [6.07, 6.45) is 9.58. The predicted molar refractivity (Wildman–Crippen MR) is 94.7 cm³/mol. The van der Waals surface area contributed by atoms with Gasteiger partial charge in [-0.15, -0.1) is 11.3 Å². The number of carbonyl (C=O) groups excluding carboxylic acids is 1. The van der Waals surface area contributed by atoms with E-state index in [9.17, 15) is 4.79 Å². The highest BCUT2D eigenvalue weighted by molar-refractivity contribution is 7.18. The largest absolute Gasteiger partial charge is 0.342 e. The van der Waals surface area contributed by atoms with E-state index in [4.69, 9.17) is 4.98 Å². The lowest BCUT2D eigenvalue weighted by molar-refractivity contribution is -0.137. The number of piperidine rings is 1. The summed E-state index contributed by atoms with van der Waals surface area (Å²) >= 11 is 1.79. The fraction of sp³-hybridized carbons (Fsp3) is 0.474. The van der Waals surface area contributed by atoms with Crippen molar-refractivity contribution < 1.29 is 4.79 Å². The molecule has 120 valence electrons. The highest BCUT2D eigenvalue weighted by Crippen LogP contribution is 2.34. The maximum absolute atomic E-state index is 12.8. The molecule has 1 aromatic carbocycles. The zero-order valence-corrected chi connectivity index (χ0v) is 14.1. The SMILES string of the molecule is O=C(C1CC=CCC1)N1CCCC(c2nc3ccccc3s2)C1. The van der Waals surface area contributed by atoms with Gasteiger partial charge in [0.15, 0.2) is 0 Å². The standard InChI is InChI=1S/C19H22N2OS/c22-19(14-7-2-1-3-8-14)21-12-6-9-15(13-21)18-20-16-10-4-5-11-17(16)23-18/h1-2,4-5,10-11,14-15H,3,6-9,12-13H2. The summed E-state index contributed by atoms with van der Waals surface area (Å²) in [6, 6.07) is 8.32. The Morgan fingerprint density at radius 1 is 1.22 bits per heavy atom. The van der Waals surface area contributed by atoms with E-state index in [2.05, 4.69) is 35.3 Å². The molecule has 0 saturated carbocycles. The van der Waals surface area contributed by atoms with Gasteiger partial charge >= 0.3 is 0 Å². The van der Waals surface area contributed by atoms with Gasteiger partial charge in [-0.3, -0.25) is 4.79 Å². The quantitative estimate of drug-likeness (QED) is 0.768. The van der Waals surface area contributed by atoms with Gasteiger partial charge in [-0.1, -0.05) is 24.3 Å². The zero-order valence-electron chi connectivity index (χ0n) is 13.3. The second kappa shape index (κ2) is 6.44. The number of rotatable bonds is 2. The van der Waals surface area contributed by atoms with E-state index < -0.39 is 0 Å². The Kier molecular flexibility index (Phi) is 4.17. The molecular weight excluding hydrogens is 304 g/mol. The third-order valence-corrected chi connectivity index (χ3v) is 6.21. The van der Waals surface area contributed by atoms with Gasteiger partial charge in [0.25, 0.3) is 0 Å². The van der Waals surface area contributed by atoms with Crippen LogP contribution in [0.2, 0.25) is 0 Å². The number of allylic oxidation sites excluding steroid dienone is 2. The first-order valence-electron chi connectivity index (χ1n) is 8.60. The number of para-hydroxylation sites is 1. The van der Waals surface area contributed by atoms with E-state index in [-0.39, 0.29) is 5.92 Å². The average molecular weight is 326 g/mol. The van der Waals surface area contributed by atoms with Gasteiger partial charge in [0.05, 0.1) is 15.2 Å². The molecule has 4 heteroatoms. The van der Waals surface area contributed by atoms with Crippen molar-refractivity contribution in [1.29, 1.82) is 0 Å². The third-order valence-electron chi connectivity index (χ3n) is 5.01. The molecule has 0 N–H and O–H groups in total. The molecule has 0 spiro atoms. The summed E-state index contributed by atoms with van der Waals surface area (Å²) in [5.41, 5.74) is 1.09. The second-order valence-corrected chi connectivity index (χ2v) is 7.69. The molecule has 1 aliphatic heterocycles. The van der Waals surface area contributed by atoms with Gasteiger partial charge < -0.3 is 4.90 Å². The fourth-order valence-corrected chi connectivity index (χ4v) is 4.81. The topological polar surface area (TPSA) is 33.2 Å². The molecule has 1 amide bonds. The number of fused-ring (bicyclic) bond motifs is 1. The molecule has 1 aliphatic carbocycles. The van der Waals surface area contributed by atoms with Gasteiger partial charge in [-0.2, -0.15) is 0 Å². The minimum atomic E-state index is 0.203. The molecule has 2 aliphatic rings. The normalized spacial score (nSPS) is 25.0. The van der Waals surface area contributed by atoms with E-state index in [1.165, 1.54) is 9.71 Å². The highest BCUT2D eigenvalue weighted by Gasteiger charge is 2.30. The number of hydrogen-bond donors (Lipinski definition) is 0. The lowest BCUT2D eigenvalue weighted by Gasteiger charge is -2.34. The smallest absolute Gasteiger partial charge is 0.226 e. The Bertz CT molecular complexity index is 703. The van der Waals surface area contributed by atoms with Crippen LogP contribution in [-0.4, -0.2) is 28.9 Å². The van der Waals surface area contributed by atoms with Crippen molar-refractivity contribution in [3.63, 3.8) is 0 Å². The van der Waals surface area contributed by atoms with Crippen LogP contribution < -0.4 is 0 Å². The number of carbonyl (C=O) groups is 1. The van der Waals surface area contributed by atoms with Crippen molar-refractivity contribution in [2.75, 3.05) is 13.1 Å². The van der Waals surface area contributed by atoms with Crippen molar-refractivity contribution in [1.82, 2.24) is 9.88 Å². The molecule has 2 unspecified atom stereocenters. The van der Waals surface area contributed by atoms with Crippen molar-refractivity contribution in [3.05, 3.63) is 41.4 Å². The predicted octanol–water partition coefficient (Wildman–Crippen LogP) is 4.36. The number of thiazole rings is 1. The van der Waals surface area contributed by atoms with E-state index in [0.717, 1.165) is 50.7 Å². The van der Waals surface area contributed by atoms with Crippen LogP contribution in [0.15, 0.2) is 36.4 Å². The maximum atomic E-state index is 12.8. The maximum Gasteiger partial charge on any atom is 0.226 e. The summed E-state index contributed by atoms with van der Waals surface area (Å²) in [7, 11) is 0. The monoisotopic (exact) mass is 326 g/mol. The molecule has 1 aromatic heterocycles. The van der Waals surface area contributed by atoms with E-state index in [0.29, 0.717) is 11.8 Å². The van der Waals surface area contributed by atoms with Crippen LogP contribution in [0, 0.1) is 5.92 Å². The summed E-state index contributed by atoms with van der Waals surface area (Å²) in [4.78, 5) is 19.7. The molecule has 2 aromatic rings. The summed E-state index contributed by atoms with van der Waals surface area (Å²) in [5, 5.41) is 1.20. The van der Waals surface area contributed by atoms with Gasteiger partial charge in [0.1, 0.15) is 0 Å². The molecule has 1 fully saturated rings. The molecular formula is C19H22N2OS. The summed E-state index contributed by atoms with van der Waals surface area (Å²) in [5.74, 6) is 0.971. The average Bonchev–Trinajstić information content (AvgIpc) is 3.06. The van der Waals surface area contributed by atoms with Crippen LogP contribution in [0.5, 0.6) is 0 Å². The summed E-state index contributed by atoms with van der Waals surface area (Å²) in [6.45, 7) is 1.76. The number of benzene rings is 1. The van der Waals surface area contributed by atoms with Crippen molar-refractivity contribution in [2.45, 2.75) is 38.0 Å². The first kappa shape index (κ1) is 14.9. The van der Waals surface area contributed by atoms with E-state index in [1.807, 2.05) is 6.07 Å². The van der Waals surface area contributed by atoms with Crippen molar-refractivity contribution in [2.24, 2.45) is 5.92 Å². The Morgan fingerprint density at radius 2 is 2.13 bits per heavy atom. The number of likely N-dealkylation sites (tertiary alicyclic amines) is 1. The second-order valence-electron chi connectivity index (χ2n) is 6.62. The Balaban J connectivity index is 1.50. The molecule has 0 radical (unpaired) electrons. The van der Waals surface area contributed by atoms with Crippen LogP contribution >= 0.6 is 11.3 Å². The van der Waals surface area contributed by atoms with Gasteiger partial charge in [0, 0.05) is 24.9 Å². The highest BCUT2D eigenvalue weighted by atomic mass is 32.1. The zero-order chi connectivity index (χ0) is 15.6. The Morgan fingerprint density at radius 3 is 2.96 bits per heavy atom. The Labute approximate surface area is 141 Å². The lowest BCUT2D eigenvalue weighted by atomic mass is 9.91. The van der Waals surface area contributed by atoms with Crippen LogP contribution in [-0.2, 0) is 4.79 Å². The number of hydrogen-bond acceptors (Lipinski definition) is 3. The number of amides is 1. The van der Waals surface area contributed by atoms with Crippen LogP contribution in [0.1, 0.15) is 43.0 Å².